The fourth-order valence-corrected chi connectivity index (χ4v) is 6.12. The lowest BCUT2D eigenvalue weighted by Crippen LogP contribution is -2.48. The molecule has 1 unspecified atom stereocenters. The molecule has 2 aromatic heterocycles. The van der Waals surface area contributed by atoms with Crippen LogP contribution in [0.4, 0.5) is 15.3 Å². The third kappa shape index (κ3) is 13.4. The number of carbonyl (C=O) groups excluding carboxylic acids is 6. The van der Waals surface area contributed by atoms with Gasteiger partial charge >= 0.3 is 29.9 Å². The number of ether oxygens (including phenoxy) is 5. The number of pyridine rings is 1. The second kappa shape index (κ2) is 21.3. The second-order valence-corrected chi connectivity index (χ2v) is 16.4. The average molecular weight is 913 g/mol. The maximum absolute atomic E-state index is 14.2. The molecule has 0 aliphatic heterocycles. The van der Waals surface area contributed by atoms with Crippen molar-refractivity contribution in [3.63, 3.8) is 0 Å². The molecule has 1 saturated carbocycles. The predicted octanol–water partition coefficient (Wildman–Crippen LogP) is 6.49. The number of aromatic nitrogens is 1. The van der Waals surface area contributed by atoms with Crippen LogP contribution in [0.25, 0.3) is 17.2 Å². The van der Waals surface area contributed by atoms with Gasteiger partial charge in [-0.2, -0.15) is 0 Å². The van der Waals surface area contributed by atoms with Crippen molar-refractivity contribution in [3.8, 4) is 16.9 Å². The van der Waals surface area contributed by atoms with Crippen molar-refractivity contribution >= 4 is 53.5 Å². The van der Waals surface area contributed by atoms with Crippen molar-refractivity contribution in [2.45, 2.75) is 85.8 Å². The number of alkyl carbamates (subject to hydrolysis) is 2. The first kappa shape index (κ1) is 49.2. The Hall–Kier alpha value is -7.77. The molecule has 5 rings (SSSR count). The van der Waals surface area contributed by atoms with Crippen LogP contribution in [0.2, 0.25) is 0 Å². The minimum Gasteiger partial charge on any atom is -0.496 e. The van der Waals surface area contributed by atoms with Gasteiger partial charge in [0.25, 0.3) is 11.8 Å². The van der Waals surface area contributed by atoms with Crippen molar-refractivity contribution in [2.75, 3.05) is 19.0 Å². The number of esters is 2. The summed E-state index contributed by atoms with van der Waals surface area (Å²) >= 11 is 0. The maximum atomic E-state index is 14.2. The van der Waals surface area contributed by atoms with Crippen LogP contribution in [-0.2, 0) is 30.3 Å². The lowest BCUT2D eigenvalue weighted by Gasteiger charge is -2.25. The van der Waals surface area contributed by atoms with Gasteiger partial charge in [0.2, 0.25) is 6.29 Å². The fraction of sp³-hybridized carbons (Fsp3) is 0.370. The van der Waals surface area contributed by atoms with Gasteiger partial charge in [0.05, 0.1) is 7.11 Å². The highest BCUT2D eigenvalue weighted by atomic mass is 16.7. The molecule has 4 amide bonds. The molecule has 2 atom stereocenters. The lowest BCUT2D eigenvalue weighted by atomic mass is 9.94. The molecule has 1 aliphatic rings. The van der Waals surface area contributed by atoms with Crippen molar-refractivity contribution in [2.24, 2.45) is 11.8 Å². The van der Waals surface area contributed by atoms with Crippen LogP contribution < -0.4 is 31.8 Å². The van der Waals surface area contributed by atoms with E-state index in [0.29, 0.717) is 18.0 Å². The number of nitrogens with one attached hydrogen (secondary N) is 5. The number of rotatable bonds is 17. The first-order valence-electron chi connectivity index (χ1n) is 20.7. The molecule has 0 saturated heterocycles. The largest absolute Gasteiger partial charge is 0.519 e. The molecule has 5 N–H and O–H groups in total. The average Bonchev–Trinajstić information content (AvgIpc) is 4.03. The number of hydrogen-bond acceptors (Lipinski definition) is 16. The minimum absolute atomic E-state index is 0.0283. The Morgan fingerprint density at radius 1 is 0.939 bits per heavy atom. The highest BCUT2D eigenvalue weighted by Crippen LogP contribution is 2.35. The maximum Gasteiger partial charge on any atom is 0.519 e. The lowest BCUT2D eigenvalue weighted by molar-refractivity contribution is -0.168. The van der Waals surface area contributed by atoms with E-state index in [2.05, 4.69) is 32.8 Å². The van der Waals surface area contributed by atoms with Crippen LogP contribution in [0.1, 0.15) is 108 Å². The van der Waals surface area contributed by atoms with E-state index in [0.717, 1.165) is 12.8 Å². The molecule has 2 heterocycles. The summed E-state index contributed by atoms with van der Waals surface area (Å²) in [6.45, 7) is 14.9. The normalized spacial score (nSPS) is 13.0. The number of hydrogen-bond donors (Lipinski definition) is 5. The zero-order valence-electron chi connectivity index (χ0n) is 37.7. The second-order valence-electron chi connectivity index (χ2n) is 16.4. The Bertz CT molecular complexity index is 2570. The Kier molecular flexibility index (Phi) is 15.9. The van der Waals surface area contributed by atoms with Gasteiger partial charge in [-0.1, -0.05) is 26.5 Å². The Labute approximate surface area is 379 Å². The van der Waals surface area contributed by atoms with Gasteiger partial charge in [-0.05, 0) is 101 Å². The van der Waals surface area contributed by atoms with Crippen molar-refractivity contribution < 1.29 is 61.3 Å². The number of carbonyl (C=O) groups is 6. The Morgan fingerprint density at radius 3 is 2.23 bits per heavy atom. The standard InChI is InChI=1S/C46H52N6O14/c1-10-27-19-32(31(20-34(27)60-9)30-17-18-33(40(54)48-21-26-11-12-26)50-37(30)41(55)61-22-35-24(4)62-45(59)65-35)39(53)49-29-15-13-28(14-16-29)38(47)52-43(57)64-25(5)63-42(56)36(23(2)3)51-44(58)66-46(6,7)8/h10,13-20,23,25-26,36H,1,11-12,21-22H2,2-9H3,(H,48,54)(H,49,53)(H,51,58)(H2,47,52,57)/t25?,36-/m0/s1. The van der Waals surface area contributed by atoms with Crippen molar-refractivity contribution in [1.82, 2.24) is 20.9 Å². The third-order valence-electron chi connectivity index (χ3n) is 9.67. The zero-order chi connectivity index (χ0) is 48.5. The zero-order valence-corrected chi connectivity index (χ0v) is 37.7. The van der Waals surface area contributed by atoms with Gasteiger partial charge in [0.15, 0.2) is 23.8 Å². The minimum atomic E-state index is -1.41. The Balaban J connectivity index is 1.32. The molecule has 2 aromatic carbocycles. The highest BCUT2D eigenvalue weighted by molar-refractivity contribution is 6.11. The molecule has 1 aliphatic carbocycles. The summed E-state index contributed by atoms with van der Waals surface area (Å²) in [7, 11) is 1.41. The highest BCUT2D eigenvalue weighted by Gasteiger charge is 2.31. The summed E-state index contributed by atoms with van der Waals surface area (Å²) in [4.78, 5) is 94.8. The summed E-state index contributed by atoms with van der Waals surface area (Å²) in [5.74, 6) is -4.14. The summed E-state index contributed by atoms with van der Waals surface area (Å²) in [6.07, 6.45) is 0.101. The van der Waals surface area contributed by atoms with E-state index in [-0.39, 0.29) is 56.6 Å². The van der Waals surface area contributed by atoms with E-state index in [9.17, 15) is 33.6 Å². The van der Waals surface area contributed by atoms with Crippen molar-refractivity contribution in [1.29, 1.82) is 5.41 Å². The van der Waals surface area contributed by atoms with E-state index in [1.165, 1.54) is 75.6 Å². The van der Waals surface area contributed by atoms with Crippen LogP contribution in [0.15, 0.2) is 68.7 Å². The quantitative estimate of drug-likeness (QED) is 0.0249. The summed E-state index contributed by atoms with van der Waals surface area (Å²) < 4.78 is 36.5. The molecule has 0 radical (unpaired) electrons. The number of methoxy groups -OCH3 is 1. The molecule has 66 heavy (non-hydrogen) atoms. The Morgan fingerprint density at radius 2 is 1.64 bits per heavy atom. The number of amidine groups is 1. The third-order valence-corrected chi connectivity index (χ3v) is 9.67. The molecule has 0 bridgehead atoms. The van der Waals surface area contributed by atoms with Gasteiger partial charge < -0.3 is 48.5 Å². The molecule has 350 valence electrons. The molecule has 1 fully saturated rings. The van der Waals surface area contributed by atoms with E-state index in [4.69, 9.17) is 37.9 Å². The van der Waals surface area contributed by atoms with Gasteiger partial charge in [0.1, 0.15) is 28.9 Å². The van der Waals surface area contributed by atoms with E-state index >= 15 is 0 Å². The first-order chi connectivity index (χ1) is 31.2. The van der Waals surface area contributed by atoms with E-state index in [1.807, 2.05) is 0 Å². The van der Waals surface area contributed by atoms with Crippen LogP contribution in [0.5, 0.6) is 5.75 Å². The number of aryl methyl sites for hydroxylation is 1. The van der Waals surface area contributed by atoms with Gasteiger partial charge in [-0.15, -0.1) is 0 Å². The number of amides is 4. The fourth-order valence-electron chi connectivity index (χ4n) is 6.12. The molecule has 20 heteroatoms. The van der Waals surface area contributed by atoms with Crippen molar-refractivity contribution in [3.05, 3.63) is 105 Å². The van der Waals surface area contributed by atoms with Crippen LogP contribution in [0, 0.1) is 24.2 Å². The first-order valence-corrected chi connectivity index (χ1v) is 20.7. The van der Waals surface area contributed by atoms with E-state index in [1.54, 1.807) is 34.6 Å². The number of benzene rings is 2. The molecule has 4 aromatic rings. The van der Waals surface area contributed by atoms with Gasteiger partial charge in [-0.25, -0.2) is 29.0 Å². The van der Waals surface area contributed by atoms with Crippen LogP contribution >= 0.6 is 0 Å². The molecular weight excluding hydrogens is 861 g/mol. The monoisotopic (exact) mass is 912 g/mol. The summed E-state index contributed by atoms with van der Waals surface area (Å²) in [6, 6.07) is 10.6. The van der Waals surface area contributed by atoms with Crippen LogP contribution in [0.3, 0.4) is 0 Å². The SMILES string of the molecule is C=Cc1cc(C(=O)Nc2ccc(C(=N)NC(=O)OC(C)OC(=O)[C@@H](NC(=O)OC(C)(C)C)C(C)C)cc2)c(-c2ccc(C(=O)NCC3CC3)nc2C(=O)OCc2oc(=O)oc2C)cc1OC. The van der Waals surface area contributed by atoms with Gasteiger partial charge in [0, 0.05) is 47.0 Å². The number of nitrogens with zero attached hydrogens (tertiary/aromatic N) is 1. The molecular formula is C46H52N6O14. The van der Waals surface area contributed by atoms with Crippen LogP contribution in [-0.4, -0.2) is 78.3 Å². The summed E-state index contributed by atoms with van der Waals surface area (Å²) in [5.41, 5.74) is -0.0642. The van der Waals surface area contributed by atoms with Gasteiger partial charge in [-0.3, -0.25) is 20.3 Å². The summed E-state index contributed by atoms with van der Waals surface area (Å²) in [5, 5.41) is 18.7. The molecule has 0 spiro atoms. The topological polar surface area (TPSA) is 277 Å². The predicted molar refractivity (Wildman–Crippen MR) is 237 cm³/mol. The smallest absolute Gasteiger partial charge is 0.496 e. The molecule has 20 nitrogen and oxygen atoms in total. The van der Waals surface area contributed by atoms with E-state index < -0.39 is 78.1 Å². The number of anilines is 1.